The first-order chi connectivity index (χ1) is 8.22. The van der Waals surface area contributed by atoms with E-state index in [2.05, 4.69) is 5.73 Å². The Morgan fingerprint density at radius 3 is 2.22 bits per heavy atom. The number of hydrogen-bond donors (Lipinski definition) is 1. The first kappa shape index (κ1) is 14.8. The minimum absolute atomic E-state index is 0. The lowest BCUT2D eigenvalue weighted by Gasteiger charge is -2.11. The fraction of sp³-hybridized carbons (Fsp3) is 0.143. The van der Waals surface area contributed by atoms with Crippen LogP contribution in [0, 0.1) is 0 Å². The van der Waals surface area contributed by atoms with Gasteiger partial charge in [-0.15, -0.1) is 0 Å². The number of ether oxygens (including phenoxy) is 1. The van der Waals surface area contributed by atoms with Crippen molar-refractivity contribution in [2.75, 3.05) is 7.11 Å². The first-order valence-corrected chi connectivity index (χ1v) is 5.81. The molecule has 0 saturated heterocycles. The van der Waals surface area contributed by atoms with Crippen LogP contribution in [0.2, 0.25) is 5.02 Å². The highest BCUT2D eigenvalue weighted by Crippen LogP contribution is 2.25. The highest BCUT2D eigenvalue weighted by Gasteiger charge is 2.15. The number of benzene rings is 2. The van der Waals surface area contributed by atoms with Gasteiger partial charge >= 0.3 is 0 Å². The van der Waals surface area contributed by atoms with Crippen molar-refractivity contribution in [2.24, 2.45) is 0 Å². The molecular weight excluding hydrogens is 269 g/mol. The van der Waals surface area contributed by atoms with E-state index < -0.39 is 0 Å². The summed E-state index contributed by atoms with van der Waals surface area (Å²) < 4.78 is 5.13. The van der Waals surface area contributed by atoms with Crippen LogP contribution in [0.3, 0.4) is 0 Å². The summed E-state index contributed by atoms with van der Waals surface area (Å²) in [7, 11) is 1.66. The van der Waals surface area contributed by atoms with Crippen molar-refractivity contribution >= 4 is 11.6 Å². The summed E-state index contributed by atoms with van der Waals surface area (Å²) in [4.78, 5) is 0. The van der Waals surface area contributed by atoms with Crippen LogP contribution in [-0.4, -0.2) is 7.11 Å². The molecule has 0 spiro atoms. The van der Waals surface area contributed by atoms with Crippen LogP contribution in [0.1, 0.15) is 17.2 Å². The maximum atomic E-state index is 6.16. The van der Waals surface area contributed by atoms with Crippen LogP contribution in [0.4, 0.5) is 0 Å². The van der Waals surface area contributed by atoms with Gasteiger partial charge in [0, 0.05) is 11.1 Å². The Labute approximate surface area is 118 Å². The predicted octanol–water partition coefficient (Wildman–Crippen LogP) is -0.316. The smallest absolute Gasteiger partial charge is 0.137 e. The third kappa shape index (κ3) is 3.16. The number of hydrogen-bond acceptors (Lipinski definition) is 1. The summed E-state index contributed by atoms with van der Waals surface area (Å²) in [5.74, 6) is 0.847. The van der Waals surface area contributed by atoms with E-state index in [9.17, 15) is 0 Å². The minimum atomic E-state index is 0. The molecule has 0 amide bonds. The van der Waals surface area contributed by atoms with Crippen molar-refractivity contribution in [1.29, 1.82) is 0 Å². The number of quaternary nitrogens is 1. The monoisotopic (exact) mass is 283 g/mol. The van der Waals surface area contributed by atoms with Gasteiger partial charge in [0.25, 0.3) is 0 Å². The molecule has 2 rings (SSSR count). The second kappa shape index (κ2) is 6.64. The van der Waals surface area contributed by atoms with Gasteiger partial charge < -0.3 is 22.9 Å². The first-order valence-electron chi connectivity index (χ1n) is 5.44. The number of halogens is 2. The van der Waals surface area contributed by atoms with E-state index in [1.54, 1.807) is 7.11 Å². The quantitative estimate of drug-likeness (QED) is 0.824. The standard InChI is InChI=1S/C14H14ClNO.ClH/c1-17-11-8-6-10(7-9-11)14(16)12-4-2-3-5-13(12)15;/h2-9,14H,16H2,1H3;1H. The van der Waals surface area contributed by atoms with E-state index in [1.165, 1.54) is 0 Å². The molecule has 1 atom stereocenters. The molecule has 0 heterocycles. The summed E-state index contributed by atoms with van der Waals surface area (Å²) in [6, 6.07) is 15.7. The van der Waals surface area contributed by atoms with Gasteiger partial charge in [-0.05, 0) is 30.3 Å². The van der Waals surface area contributed by atoms with Crippen molar-refractivity contribution in [1.82, 2.24) is 0 Å². The topological polar surface area (TPSA) is 36.9 Å². The van der Waals surface area contributed by atoms with Crippen molar-refractivity contribution in [3.8, 4) is 5.75 Å². The third-order valence-electron chi connectivity index (χ3n) is 2.80. The average molecular weight is 284 g/mol. The lowest BCUT2D eigenvalue weighted by atomic mass is 9.99. The van der Waals surface area contributed by atoms with Gasteiger partial charge in [0.15, 0.2) is 0 Å². The molecular formula is C14H15Cl2NO. The van der Waals surface area contributed by atoms with Crippen molar-refractivity contribution in [2.45, 2.75) is 6.04 Å². The molecule has 3 N–H and O–H groups in total. The molecule has 1 unspecified atom stereocenters. The van der Waals surface area contributed by atoms with Gasteiger partial charge in [0.2, 0.25) is 0 Å². The van der Waals surface area contributed by atoms with Crippen molar-refractivity contribution < 1.29 is 22.9 Å². The van der Waals surface area contributed by atoms with E-state index in [-0.39, 0.29) is 18.4 Å². The van der Waals surface area contributed by atoms with Gasteiger partial charge in [-0.25, -0.2) is 0 Å². The average Bonchev–Trinajstić information content (AvgIpc) is 2.39. The van der Waals surface area contributed by atoms with Crippen LogP contribution < -0.4 is 22.9 Å². The van der Waals surface area contributed by atoms with Gasteiger partial charge in [0.1, 0.15) is 11.8 Å². The molecule has 0 radical (unpaired) electrons. The maximum absolute atomic E-state index is 6.16. The third-order valence-corrected chi connectivity index (χ3v) is 3.14. The van der Waals surface area contributed by atoms with Gasteiger partial charge in [0.05, 0.1) is 12.1 Å². The van der Waals surface area contributed by atoms with Crippen LogP contribution >= 0.6 is 11.6 Å². The fourth-order valence-electron chi connectivity index (χ4n) is 1.77. The fourth-order valence-corrected chi connectivity index (χ4v) is 2.04. The van der Waals surface area contributed by atoms with Crippen LogP contribution in [-0.2, 0) is 0 Å². The molecule has 0 aliphatic rings. The predicted molar refractivity (Wildman–Crippen MR) is 69.2 cm³/mol. The Kier molecular flexibility index (Phi) is 5.48. The maximum Gasteiger partial charge on any atom is 0.137 e. The van der Waals surface area contributed by atoms with Crippen molar-refractivity contribution in [3.05, 3.63) is 64.7 Å². The molecule has 0 aliphatic carbocycles. The Morgan fingerprint density at radius 1 is 1.06 bits per heavy atom. The number of rotatable bonds is 3. The summed E-state index contributed by atoms with van der Waals surface area (Å²) in [6.45, 7) is 0. The van der Waals surface area contributed by atoms with Crippen molar-refractivity contribution in [3.63, 3.8) is 0 Å². The van der Waals surface area contributed by atoms with E-state index in [4.69, 9.17) is 16.3 Å². The number of methoxy groups -OCH3 is 1. The molecule has 0 fully saturated rings. The molecule has 0 bridgehead atoms. The van der Waals surface area contributed by atoms with Crippen LogP contribution in [0.25, 0.3) is 0 Å². The molecule has 0 saturated carbocycles. The van der Waals surface area contributed by atoms with Gasteiger partial charge in [-0.3, -0.25) is 0 Å². The normalized spacial score (nSPS) is 11.5. The summed E-state index contributed by atoms with van der Waals surface area (Å²) >= 11 is 6.16. The molecule has 0 aliphatic heterocycles. The van der Waals surface area contributed by atoms with E-state index in [0.717, 1.165) is 21.9 Å². The second-order valence-corrected chi connectivity index (χ2v) is 4.25. The lowest BCUT2D eigenvalue weighted by Crippen LogP contribution is -3.00. The molecule has 96 valence electrons. The van der Waals surface area contributed by atoms with Gasteiger partial charge in [-0.2, -0.15) is 0 Å². The Balaban J connectivity index is 0.00000162. The van der Waals surface area contributed by atoms with Crippen LogP contribution in [0.15, 0.2) is 48.5 Å². The molecule has 2 aromatic carbocycles. The van der Waals surface area contributed by atoms with E-state index >= 15 is 0 Å². The summed E-state index contributed by atoms with van der Waals surface area (Å²) in [5.41, 5.74) is 6.33. The van der Waals surface area contributed by atoms with E-state index in [0.29, 0.717) is 0 Å². The summed E-state index contributed by atoms with van der Waals surface area (Å²) in [6.07, 6.45) is 0. The lowest BCUT2D eigenvalue weighted by molar-refractivity contribution is -0.411. The SMILES string of the molecule is COc1ccc(C([NH3+])c2ccccc2Cl)cc1.[Cl-]. The minimum Gasteiger partial charge on any atom is -1.00 e. The molecule has 4 heteroatoms. The second-order valence-electron chi connectivity index (χ2n) is 3.85. The zero-order valence-corrected chi connectivity index (χ0v) is 11.6. The van der Waals surface area contributed by atoms with E-state index in [1.807, 2.05) is 48.5 Å². The molecule has 0 aromatic heterocycles. The summed E-state index contributed by atoms with van der Waals surface area (Å²) in [5, 5.41) is 0.753. The molecule has 18 heavy (non-hydrogen) atoms. The Morgan fingerprint density at radius 2 is 1.67 bits per heavy atom. The molecule has 2 nitrogen and oxygen atoms in total. The Hall–Kier alpha value is -1.22. The Bertz CT molecular complexity index is 499. The molecule has 2 aromatic rings. The highest BCUT2D eigenvalue weighted by molar-refractivity contribution is 6.31. The highest BCUT2D eigenvalue weighted by atomic mass is 35.5. The zero-order chi connectivity index (χ0) is 12.3. The van der Waals surface area contributed by atoms with Gasteiger partial charge in [-0.1, -0.05) is 29.8 Å². The largest absolute Gasteiger partial charge is 1.00 e. The zero-order valence-electron chi connectivity index (χ0n) is 10.1. The van der Waals surface area contributed by atoms with Crippen LogP contribution in [0.5, 0.6) is 5.75 Å².